The van der Waals surface area contributed by atoms with Crippen LogP contribution in [0.3, 0.4) is 0 Å². The van der Waals surface area contributed by atoms with E-state index in [1.54, 1.807) is 0 Å². The predicted molar refractivity (Wildman–Crippen MR) is 273 cm³/mol. The highest BCUT2D eigenvalue weighted by atomic mass is 16.5. The van der Waals surface area contributed by atoms with Gasteiger partial charge in [0.2, 0.25) is 5.91 Å². The highest BCUT2D eigenvalue weighted by Crippen LogP contribution is 2.19. The molecule has 0 saturated carbocycles. The van der Waals surface area contributed by atoms with E-state index in [0.717, 1.165) is 44.9 Å². The van der Waals surface area contributed by atoms with Crippen LogP contribution < -0.4 is 5.32 Å². The number of hydrogen-bond acceptors (Lipinski definition) is 5. The first-order valence-electron chi connectivity index (χ1n) is 28.4. The number of unbranched alkanes of at least 4 members (excludes halogenated alkanes) is 38. The number of esters is 1. The van der Waals surface area contributed by atoms with Gasteiger partial charge in [-0.2, -0.15) is 0 Å². The van der Waals surface area contributed by atoms with Crippen LogP contribution in [0.2, 0.25) is 0 Å². The molecule has 0 aromatic rings. The van der Waals surface area contributed by atoms with Crippen molar-refractivity contribution in [3.05, 3.63) is 12.2 Å². The van der Waals surface area contributed by atoms with Crippen LogP contribution in [0.25, 0.3) is 0 Å². The van der Waals surface area contributed by atoms with E-state index < -0.39 is 18.2 Å². The number of aliphatic hydroxyl groups excluding tert-OH is 2. The summed E-state index contributed by atoms with van der Waals surface area (Å²) in [4.78, 5) is 26.2. The van der Waals surface area contributed by atoms with Gasteiger partial charge in [-0.15, -0.1) is 0 Å². The standard InChI is InChI=1S/C57H111NO5/c1-4-7-10-13-16-19-22-24-26-27-28-29-30-32-35-38-41-44-47-50-57(62)63-53(48-45-42-39-36-33-21-18-15-12-9-6-3)51-56(61)58-54(52-59)55(60)49-46-43-40-37-34-31-25-23-20-17-14-11-8-5-2/h24,26,53-55,59-60H,4-23,25,27-52H2,1-3H3,(H,58,61)/b26-24+. The van der Waals surface area contributed by atoms with Gasteiger partial charge in [0.05, 0.1) is 25.2 Å². The Kier molecular flexibility index (Phi) is 50.4. The van der Waals surface area contributed by atoms with Crippen molar-refractivity contribution in [3.63, 3.8) is 0 Å². The minimum Gasteiger partial charge on any atom is -0.462 e. The molecule has 63 heavy (non-hydrogen) atoms. The number of carbonyl (C=O) groups excluding carboxylic acids is 2. The molecule has 0 aliphatic heterocycles. The third-order valence-electron chi connectivity index (χ3n) is 13.3. The van der Waals surface area contributed by atoms with Crippen molar-refractivity contribution in [1.29, 1.82) is 0 Å². The first-order valence-corrected chi connectivity index (χ1v) is 28.4. The molecule has 6 nitrogen and oxygen atoms in total. The molecule has 3 N–H and O–H groups in total. The highest BCUT2D eigenvalue weighted by molar-refractivity contribution is 5.77. The lowest BCUT2D eigenvalue weighted by Crippen LogP contribution is -2.46. The van der Waals surface area contributed by atoms with Crippen LogP contribution in [0.4, 0.5) is 0 Å². The molecular weight excluding hydrogens is 779 g/mol. The average molecular weight is 891 g/mol. The number of ether oxygens (including phenoxy) is 1. The van der Waals surface area contributed by atoms with E-state index in [0.29, 0.717) is 19.3 Å². The SMILES string of the molecule is CCCCCCCC/C=C/CCCCCCCCCCCC(=O)OC(CCCCCCCCCCCCC)CC(=O)NC(CO)C(O)CCCCCCCCCCCCCCCC. The molecule has 0 rings (SSSR count). The van der Waals surface area contributed by atoms with Gasteiger partial charge in [-0.3, -0.25) is 9.59 Å². The Morgan fingerprint density at radius 1 is 0.444 bits per heavy atom. The molecule has 0 spiro atoms. The Bertz CT molecular complexity index is 955. The number of allylic oxidation sites excluding steroid dienone is 2. The van der Waals surface area contributed by atoms with E-state index in [-0.39, 0.29) is 24.9 Å². The molecule has 0 fully saturated rings. The third-order valence-corrected chi connectivity index (χ3v) is 13.3. The number of rotatable bonds is 52. The fraction of sp³-hybridized carbons (Fsp3) is 0.930. The van der Waals surface area contributed by atoms with Gasteiger partial charge in [0.1, 0.15) is 6.10 Å². The van der Waals surface area contributed by atoms with E-state index in [1.165, 1.54) is 225 Å². The number of nitrogens with one attached hydrogen (secondary N) is 1. The lowest BCUT2D eigenvalue weighted by atomic mass is 10.0. The molecular formula is C57H111NO5. The van der Waals surface area contributed by atoms with Gasteiger partial charge < -0.3 is 20.3 Å². The van der Waals surface area contributed by atoms with Crippen LogP contribution in [0.1, 0.15) is 316 Å². The number of carbonyl (C=O) groups is 2. The maximum Gasteiger partial charge on any atom is 0.306 e. The van der Waals surface area contributed by atoms with Gasteiger partial charge in [0.25, 0.3) is 0 Å². The quantitative estimate of drug-likeness (QED) is 0.0321. The molecule has 0 aliphatic carbocycles. The molecule has 0 heterocycles. The van der Waals surface area contributed by atoms with Crippen LogP contribution >= 0.6 is 0 Å². The van der Waals surface area contributed by atoms with Crippen molar-refractivity contribution >= 4 is 11.9 Å². The normalized spacial score (nSPS) is 13.2. The summed E-state index contributed by atoms with van der Waals surface area (Å²) < 4.78 is 5.95. The average Bonchev–Trinajstić information content (AvgIpc) is 3.28. The zero-order valence-corrected chi connectivity index (χ0v) is 42.7. The van der Waals surface area contributed by atoms with Crippen molar-refractivity contribution in [2.45, 2.75) is 334 Å². The monoisotopic (exact) mass is 890 g/mol. The summed E-state index contributed by atoms with van der Waals surface area (Å²) in [6, 6.07) is -0.695. The van der Waals surface area contributed by atoms with Gasteiger partial charge in [0, 0.05) is 6.42 Å². The van der Waals surface area contributed by atoms with Gasteiger partial charge in [-0.25, -0.2) is 0 Å². The Labute approximate surface area is 393 Å². The fourth-order valence-corrected chi connectivity index (χ4v) is 9.02. The molecule has 0 radical (unpaired) electrons. The minimum absolute atomic E-state index is 0.0844. The lowest BCUT2D eigenvalue weighted by Gasteiger charge is -2.24. The van der Waals surface area contributed by atoms with Crippen LogP contribution in [0.15, 0.2) is 12.2 Å². The zero-order chi connectivity index (χ0) is 45.9. The number of hydrogen-bond donors (Lipinski definition) is 3. The van der Waals surface area contributed by atoms with Gasteiger partial charge in [-0.1, -0.05) is 264 Å². The Hall–Kier alpha value is -1.40. The Morgan fingerprint density at radius 3 is 1.13 bits per heavy atom. The summed E-state index contributed by atoms with van der Waals surface area (Å²) in [5.74, 6) is -0.455. The number of aliphatic hydroxyl groups is 2. The summed E-state index contributed by atoms with van der Waals surface area (Å²) in [5.41, 5.74) is 0. The largest absolute Gasteiger partial charge is 0.462 e. The molecule has 0 aromatic carbocycles. The molecule has 3 atom stereocenters. The van der Waals surface area contributed by atoms with E-state index in [2.05, 4.69) is 38.2 Å². The topological polar surface area (TPSA) is 95.9 Å². The second-order valence-corrected chi connectivity index (χ2v) is 19.7. The highest BCUT2D eigenvalue weighted by Gasteiger charge is 2.24. The molecule has 0 aliphatic rings. The smallest absolute Gasteiger partial charge is 0.306 e. The minimum atomic E-state index is -0.782. The van der Waals surface area contributed by atoms with Crippen LogP contribution in [-0.4, -0.2) is 46.9 Å². The van der Waals surface area contributed by atoms with Crippen molar-refractivity contribution in [2.75, 3.05) is 6.61 Å². The first-order chi connectivity index (χ1) is 31.0. The van der Waals surface area contributed by atoms with Crippen molar-refractivity contribution in [2.24, 2.45) is 0 Å². The van der Waals surface area contributed by atoms with Gasteiger partial charge in [-0.05, 0) is 51.4 Å². The third kappa shape index (κ3) is 46.9. The van der Waals surface area contributed by atoms with E-state index in [9.17, 15) is 19.8 Å². The van der Waals surface area contributed by atoms with Gasteiger partial charge >= 0.3 is 5.97 Å². The van der Waals surface area contributed by atoms with Crippen LogP contribution in [0.5, 0.6) is 0 Å². The first kappa shape index (κ1) is 61.6. The second kappa shape index (κ2) is 51.6. The molecule has 374 valence electrons. The zero-order valence-electron chi connectivity index (χ0n) is 42.7. The summed E-state index contributed by atoms with van der Waals surface area (Å²) in [7, 11) is 0. The Balaban J connectivity index is 4.42. The Morgan fingerprint density at radius 2 is 0.762 bits per heavy atom. The molecule has 3 unspecified atom stereocenters. The lowest BCUT2D eigenvalue weighted by molar-refractivity contribution is -0.151. The molecule has 0 saturated heterocycles. The fourth-order valence-electron chi connectivity index (χ4n) is 9.02. The second-order valence-electron chi connectivity index (χ2n) is 19.7. The van der Waals surface area contributed by atoms with E-state index in [1.807, 2.05) is 0 Å². The molecule has 1 amide bonds. The molecule has 0 aromatic heterocycles. The van der Waals surface area contributed by atoms with Crippen molar-refractivity contribution in [1.82, 2.24) is 5.32 Å². The van der Waals surface area contributed by atoms with Crippen molar-refractivity contribution in [3.8, 4) is 0 Å². The van der Waals surface area contributed by atoms with E-state index >= 15 is 0 Å². The number of amides is 1. The molecule has 6 heteroatoms. The van der Waals surface area contributed by atoms with Crippen LogP contribution in [-0.2, 0) is 14.3 Å². The van der Waals surface area contributed by atoms with Gasteiger partial charge in [0.15, 0.2) is 0 Å². The maximum atomic E-state index is 13.2. The summed E-state index contributed by atoms with van der Waals surface area (Å²) in [5, 5.41) is 23.8. The van der Waals surface area contributed by atoms with E-state index in [4.69, 9.17) is 4.74 Å². The van der Waals surface area contributed by atoms with Crippen molar-refractivity contribution < 1.29 is 24.5 Å². The summed E-state index contributed by atoms with van der Waals surface area (Å²) in [6.07, 6.45) is 58.5. The summed E-state index contributed by atoms with van der Waals surface area (Å²) >= 11 is 0. The maximum absolute atomic E-state index is 13.2. The van der Waals surface area contributed by atoms with Crippen LogP contribution in [0, 0.1) is 0 Å². The predicted octanol–water partition coefficient (Wildman–Crippen LogP) is 17.3. The summed E-state index contributed by atoms with van der Waals surface area (Å²) in [6.45, 7) is 6.51. The molecule has 0 bridgehead atoms.